The predicted molar refractivity (Wildman–Crippen MR) is 121 cm³/mol. The summed E-state index contributed by atoms with van der Waals surface area (Å²) in [5, 5.41) is 10.9. The van der Waals surface area contributed by atoms with Crippen LogP contribution in [-0.2, 0) is 108 Å². The number of urea groups is 1. The molecule has 183 valence electrons. The summed E-state index contributed by atoms with van der Waals surface area (Å²) < 4.78 is 0. The van der Waals surface area contributed by atoms with Crippen LogP contribution in [0, 0.1) is 24.7 Å². The Balaban J connectivity index is -0.0000000946. The Morgan fingerprint density at radius 2 is 1.16 bits per heavy atom. The van der Waals surface area contributed by atoms with Crippen LogP contribution in [0.4, 0.5) is 4.79 Å². The van der Waals surface area contributed by atoms with E-state index in [1.807, 2.05) is 46.7 Å². The Morgan fingerprint density at radius 3 is 1.53 bits per heavy atom. The molecule has 0 saturated carbocycles. The van der Waals surface area contributed by atoms with Crippen molar-refractivity contribution in [3.05, 3.63) is 19.3 Å². The van der Waals surface area contributed by atoms with Gasteiger partial charge in [-0.1, -0.05) is 20.8 Å². The van der Waals surface area contributed by atoms with E-state index in [1.165, 1.54) is 5.92 Å². The average molecular weight is 681 g/mol. The molecule has 0 aromatic heterocycles. The van der Waals surface area contributed by atoms with Crippen molar-refractivity contribution in [1.29, 1.82) is 0 Å². The van der Waals surface area contributed by atoms with Gasteiger partial charge in [0, 0.05) is 105 Å². The summed E-state index contributed by atoms with van der Waals surface area (Å²) in [6, 6.07) is -0.0869. The molecule has 11 heteroatoms. The molecule has 4 amide bonds. The zero-order chi connectivity index (χ0) is 22.3. The molecule has 0 saturated heterocycles. The summed E-state index contributed by atoms with van der Waals surface area (Å²) >= 11 is 0. The van der Waals surface area contributed by atoms with E-state index in [0.29, 0.717) is 26.3 Å². The Morgan fingerprint density at radius 1 is 0.750 bits per heavy atom. The maximum atomic E-state index is 11.2. The Kier molecular flexibility index (Phi) is 39.6. The Labute approximate surface area is 273 Å². The van der Waals surface area contributed by atoms with Gasteiger partial charge in [0.25, 0.3) is 0 Å². The molecule has 0 unspecified atom stereocenters. The minimum absolute atomic E-state index is 0. The molecule has 0 aliphatic carbocycles. The third-order valence-corrected chi connectivity index (χ3v) is 2.93. The molecule has 0 fully saturated rings. The van der Waals surface area contributed by atoms with E-state index >= 15 is 0 Å². The first-order valence-electron chi connectivity index (χ1n) is 9.51. The third-order valence-electron chi connectivity index (χ3n) is 2.93. The molecule has 0 atom stereocenters. The van der Waals surface area contributed by atoms with Crippen molar-refractivity contribution in [2.75, 3.05) is 40.4 Å². The number of hydrogen-bond acceptors (Lipinski definition) is 4. The fourth-order valence-corrected chi connectivity index (χ4v) is 1.46. The van der Waals surface area contributed by atoms with E-state index in [1.54, 1.807) is 0 Å². The van der Waals surface area contributed by atoms with Crippen LogP contribution in [0.1, 0.15) is 54.9 Å². The molecule has 0 aromatic carbocycles. The molecule has 0 aromatic rings. The third kappa shape index (κ3) is 41.7. The molecular formula is C21H44N5O3Y3-3. The molecular weight excluding hydrogens is 637 g/mol. The largest absolute Gasteiger partial charge is 0.385 e. The van der Waals surface area contributed by atoms with Gasteiger partial charge in [0.15, 0.2) is 0 Å². The minimum Gasteiger partial charge on any atom is -0.385 e. The predicted octanol–water partition coefficient (Wildman–Crippen LogP) is 2.13. The van der Waals surface area contributed by atoms with Crippen molar-refractivity contribution in [3.8, 4) is 0 Å². The van der Waals surface area contributed by atoms with Crippen LogP contribution in [0.2, 0.25) is 0 Å². The second-order valence-electron chi connectivity index (χ2n) is 8.80. The summed E-state index contributed by atoms with van der Waals surface area (Å²) in [5.74, 6) is 1.81. The van der Waals surface area contributed by atoms with E-state index < -0.39 is 0 Å². The van der Waals surface area contributed by atoms with E-state index in [2.05, 4.69) is 42.0 Å². The first-order chi connectivity index (χ1) is 12.7. The normalized spacial score (nSPS) is 9.62. The zero-order valence-electron chi connectivity index (χ0n) is 21.9. The van der Waals surface area contributed by atoms with Crippen molar-refractivity contribution >= 4 is 17.8 Å². The van der Waals surface area contributed by atoms with Gasteiger partial charge in [-0.2, -0.15) is 27.7 Å². The summed E-state index contributed by atoms with van der Waals surface area (Å²) in [5.41, 5.74) is 0.141. The van der Waals surface area contributed by atoms with Crippen LogP contribution < -0.4 is 21.3 Å². The number of amides is 4. The molecule has 0 rings (SSSR count). The SMILES string of the molecule is C[C-](C)CNC(=O)CC(=O)NCN(C)C.C[C-](C)CNC(=O)NCC(C)(C)C.[CH3-].[Y].[Y].[Y]. The van der Waals surface area contributed by atoms with Crippen molar-refractivity contribution in [3.63, 3.8) is 0 Å². The van der Waals surface area contributed by atoms with Crippen LogP contribution in [0.15, 0.2) is 0 Å². The fourth-order valence-electron chi connectivity index (χ4n) is 1.46. The van der Waals surface area contributed by atoms with Crippen LogP contribution in [0.25, 0.3) is 0 Å². The first-order valence-corrected chi connectivity index (χ1v) is 9.51. The molecule has 0 aliphatic heterocycles. The van der Waals surface area contributed by atoms with Gasteiger partial charge in [-0.25, -0.2) is 4.79 Å². The monoisotopic (exact) mass is 681 g/mol. The molecule has 0 spiro atoms. The molecule has 0 aliphatic rings. The van der Waals surface area contributed by atoms with Gasteiger partial charge in [-0.3, -0.25) is 14.5 Å². The Bertz CT molecular complexity index is 450. The topological polar surface area (TPSA) is 103 Å². The number of nitrogens with zero attached hydrogens (tertiary/aromatic N) is 1. The first kappa shape index (κ1) is 46.8. The number of hydrogen-bond donors (Lipinski definition) is 4. The van der Waals surface area contributed by atoms with Crippen molar-refractivity contribution in [2.24, 2.45) is 5.41 Å². The smallest absolute Gasteiger partial charge is 0.312 e. The average Bonchev–Trinajstić information content (AvgIpc) is 2.54. The summed E-state index contributed by atoms with van der Waals surface area (Å²) in [6.07, 6.45) is -0.110. The van der Waals surface area contributed by atoms with Crippen molar-refractivity contribution < 1.29 is 113 Å². The molecule has 8 nitrogen and oxygen atoms in total. The van der Waals surface area contributed by atoms with E-state index in [4.69, 9.17) is 0 Å². The minimum atomic E-state index is -0.255. The summed E-state index contributed by atoms with van der Waals surface area (Å²) in [4.78, 5) is 35.4. The number of carbonyl (C=O) groups excluding carboxylic acids is 3. The molecule has 0 bridgehead atoms. The fraction of sp³-hybridized carbons (Fsp3) is 0.714. The van der Waals surface area contributed by atoms with Crippen molar-refractivity contribution in [2.45, 2.75) is 54.9 Å². The zero-order valence-corrected chi connectivity index (χ0v) is 30.5. The van der Waals surface area contributed by atoms with Gasteiger partial charge >= 0.3 is 6.03 Å². The van der Waals surface area contributed by atoms with Gasteiger partial charge in [-0.05, 0) is 19.5 Å². The summed E-state index contributed by atoms with van der Waals surface area (Å²) in [6.45, 7) is 16.4. The molecule has 32 heavy (non-hydrogen) atoms. The second kappa shape index (κ2) is 27.1. The second-order valence-corrected chi connectivity index (χ2v) is 8.80. The van der Waals surface area contributed by atoms with Gasteiger partial charge in [0.1, 0.15) is 6.42 Å². The van der Waals surface area contributed by atoms with Crippen molar-refractivity contribution in [1.82, 2.24) is 26.2 Å². The van der Waals surface area contributed by atoms with Gasteiger partial charge in [0.2, 0.25) is 11.8 Å². The van der Waals surface area contributed by atoms with E-state index in [-0.39, 0.29) is 135 Å². The Hall–Kier alpha value is 1.48. The maximum absolute atomic E-state index is 11.2. The van der Waals surface area contributed by atoms with Crippen LogP contribution >= 0.6 is 0 Å². The quantitative estimate of drug-likeness (QED) is 0.170. The maximum Gasteiger partial charge on any atom is 0.312 e. The van der Waals surface area contributed by atoms with Crippen LogP contribution in [0.3, 0.4) is 0 Å². The standard InChI is InChI=1S/C10H20N3O2.C10H21N2O.CH3.3Y/c1-8(2)6-11-9(14)5-10(15)12-7-13(3)4;1-8(2)6-11-9(13)12-7-10(3,4)5;;;;/h5-7H2,1-4H3,(H,11,14)(H,12,15);6-7H2,1-5H3,(H2,11,12,13);1H3;;;/q3*-1;;;. The number of rotatable bonds is 9. The number of nitrogens with one attached hydrogen (secondary N) is 4. The van der Waals surface area contributed by atoms with Gasteiger partial charge in [0.05, 0.1) is 6.67 Å². The number of carbonyl (C=O) groups is 3. The molecule has 0 heterocycles. The van der Waals surface area contributed by atoms with Gasteiger partial charge in [-0.15, -0.1) is 13.1 Å². The van der Waals surface area contributed by atoms with E-state index in [0.717, 1.165) is 5.92 Å². The molecule has 4 N–H and O–H groups in total. The van der Waals surface area contributed by atoms with Crippen LogP contribution in [-0.4, -0.2) is 63.1 Å². The van der Waals surface area contributed by atoms with E-state index in [9.17, 15) is 14.4 Å². The molecule has 3 radical (unpaired) electrons. The summed E-state index contributed by atoms with van der Waals surface area (Å²) in [7, 11) is 3.69. The van der Waals surface area contributed by atoms with Gasteiger partial charge < -0.3 is 40.5 Å². The van der Waals surface area contributed by atoms with Crippen LogP contribution in [0.5, 0.6) is 0 Å².